The van der Waals surface area contributed by atoms with Crippen molar-refractivity contribution in [1.82, 2.24) is 4.90 Å². The third-order valence-electron chi connectivity index (χ3n) is 3.96. The van der Waals surface area contributed by atoms with E-state index in [0.29, 0.717) is 5.75 Å². The molecule has 0 spiro atoms. The lowest BCUT2D eigenvalue weighted by Gasteiger charge is -2.31. The zero-order chi connectivity index (χ0) is 17.9. The van der Waals surface area contributed by atoms with Gasteiger partial charge in [0, 0.05) is 12.2 Å². The number of nitrogens with zero attached hydrogens (tertiary/aromatic N) is 1. The minimum atomic E-state index is -4.48. The van der Waals surface area contributed by atoms with Crippen molar-refractivity contribution in [1.29, 1.82) is 0 Å². The third kappa shape index (κ3) is 4.51. The van der Waals surface area contributed by atoms with E-state index in [0.717, 1.165) is 25.6 Å². The van der Waals surface area contributed by atoms with Gasteiger partial charge >= 0.3 is 12.3 Å². The molecule has 1 saturated heterocycles. The van der Waals surface area contributed by atoms with Gasteiger partial charge in [0.15, 0.2) is 0 Å². The van der Waals surface area contributed by atoms with E-state index in [1.54, 1.807) is 30.3 Å². The van der Waals surface area contributed by atoms with Crippen LogP contribution >= 0.6 is 0 Å². The lowest BCUT2D eigenvalue weighted by atomic mass is 10.0. The zero-order valence-electron chi connectivity index (χ0n) is 13.3. The van der Waals surface area contributed by atoms with Crippen LogP contribution in [0.25, 0.3) is 0 Å². The molecule has 0 bridgehead atoms. The Morgan fingerprint density at radius 2 is 1.84 bits per heavy atom. The summed E-state index contributed by atoms with van der Waals surface area (Å²) in [6.45, 7) is 1.87. The second kappa shape index (κ2) is 7.14. The van der Waals surface area contributed by atoms with Gasteiger partial charge in [-0.3, -0.25) is 10.2 Å². The molecule has 4 nitrogen and oxygen atoms in total. The number of amides is 1. The fraction of sp³-hybridized carbons (Fsp3) is 0.278. The van der Waals surface area contributed by atoms with Crippen molar-refractivity contribution in [3.63, 3.8) is 0 Å². The molecular formula is C18H17F3N2O2. The van der Waals surface area contributed by atoms with Gasteiger partial charge in [-0.25, -0.2) is 4.79 Å². The maximum Gasteiger partial charge on any atom is 0.417 e. The second-order valence-corrected chi connectivity index (χ2v) is 5.83. The van der Waals surface area contributed by atoms with Crippen molar-refractivity contribution < 1.29 is 22.7 Å². The van der Waals surface area contributed by atoms with Gasteiger partial charge in [-0.15, -0.1) is 0 Å². The maximum atomic E-state index is 13.3. The number of alkyl halides is 3. The fourth-order valence-electron chi connectivity index (χ4n) is 2.58. The Hall–Kier alpha value is -2.54. The summed E-state index contributed by atoms with van der Waals surface area (Å²) in [6.07, 6.45) is -4.32. The SMILES string of the molecule is O=C(Nc1ccc(CN2CCC2)c(C(F)(F)F)c1)Oc1ccccc1. The lowest BCUT2D eigenvalue weighted by Crippen LogP contribution is -2.36. The number of anilines is 1. The highest BCUT2D eigenvalue weighted by molar-refractivity contribution is 5.86. The average Bonchev–Trinajstić information content (AvgIpc) is 2.51. The van der Waals surface area contributed by atoms with Gasteiger partial charge in [0.25, 0.3) is 0 Å². The molecule has 0 saturated carbocycles. The molecule has 1 fully saturated rings. The topological polar surface area (TPSA) is 41.6 Å². The molecule has 25 heavy (non-hydrogen) atoms. The Kier molecular flexibility index (Phi) is 4.94. The van der Waals surface area contributed by atoms with Crippen molar-refractivity contribution in [2.75, 3.05) is 18.4 Å². The molecule has 2 aromatic rings. The maximum absolute atomic E-state index is 13.3. The molecule has 0 unspecified atom stereocenters. The van der Waals surface area contributed by atoms with Crippen LogP contribution in [0.4, 0.5) is 23.7 Å². The lowest BCUT2D eigenvalue weighted by molar-refractivity contribution is -0.138. The zero-order valence-corrected chi connectivity index (χ0v) is 13.3. The summed E-state index contributed by atoms with van der Waals surface area (Å²) in [4.78, 5) is 13.8. The Bertz CT molecular complexity index is 744. The predicted molar refractivity (Wildman–Crippen MR) is 87.4 cm³/mol. The summed E-state index contributed by atoms with van der Waals surface area (Å²) < 4.78 is 45.0. The van der Waals surface area contributed by atoms with Crippen LogP contribution in [0.1, 0.15) is 17.5 Å². The monoisotopic (exact) mass is 350 g/mol. The number of rotatable bonds is 4. The van der Waals surface area contributed by atoms with Gasteiger partial charge < -0.3 is 4.74 Å². The Labute approximate surface area is 143 Å². The summed E-state index contributed by atoms with van der Waals surface area (Å²) in [5.41, 5.74) is -0.494. The van der Waals surface area contributed by atoms with E-state index in [4.69, 9.17) is 4.74 Å². The molecule has 3 rings (SSSR count). The van der Waals surface area contributed by atoms with Crippen LogP contribution < -0.4 is 10.1 Å². The van der Waals surface area contributed by atoms with E-state index < -0.39 is 17.8 Å². The quantitative estimate of drug-likeness (QED) is 0.881. The smallest absolute Gasteiger partial charge is 0.410 e. The predicted octanol–water partition coefficient (Wildman–Crippen LogP) is 4.52. The first-order valence-corrected chi connectivity index (χ1v) is 7.88. The molecule has 1 aliphatic heterocycles. The standard InChI is InChI=1S/C18H17F3N2O2/c19-18(20,21)16-11-14(8-7-13(16)12-23-9-4-10-23)22-17(24)25-15-5-2-1-3-6-15/h1-3,5-8,11H,4,9-10,12H2,(H,22,24). The molecule has 1 heterocycles. The number of halogens is 3. The summed E-state index contributed by atoms with van der Waals surface area (Å²) in [7, 11) is 0. The van der Waals surface area contributed by atoms with Crippen molar-refractivity contribution >= 4 is 11.8 Å². The fourth-order valence-corrected chi connectivity index (χ4v) is 2.58. The largest absolute Gasteiger partial charge is 0.417 e. The van der Waals surface area contributed by atoms with Crippen LogP contribution in [0.5, 0.6) is 5.75 Å². The molecule has 2 aromatic carbocycles. The highest BCUT2D eigenvalue weighted by Crippen LogP contribution is 2.35. The van der Waals surface area contributed by atoms with Gasteiger partial charge in [-0.2, -0.15) is 13.2 Å². The molecule has 0 aromatic heterocycles. The normalized spacial score (nSPS) is 14.7. The van der Waals surface area contributed by atoms with Gasteiger partial charge in [-0.1, -0.05) is 24.3 Å². The van der Waals surface area contributed by atoms with Crippen molar-refractivity contribution in [2.24, 2.45) is 0 Å². The van der Waals surface area contributed by atoms with Gasteiger partial charge in [-0.05, 0) is 49.3 Å². The molecule has 0 aliphatic carbocycles. The van der Waals surface area contributed by atoms with Gasteiger partial charge in [0.05, 0.1) is 5.56 Å². The van der Waals surface area contributed by atoms with Gasteiger partial charge in [0.2, 0.25) is 0 Å². The molecule has 1 amide bonds. The molecule has 0 atom stereocenters. The van der Waals surface area contributed by atoms with Crippen LogP contribution in [0.3, 0.4) is 0 Å². The minimum absolute atomic E-state index is 0.0422. The van der Waals surface area contributed by atoms with E-state index in [1.165, 1.54) is 12.1 Å². The highest BCUT2D eigenvalue weighted by atomic mass is 19.4. The van der Waals surface area contributed by atoms with Crippen LogP contribution in [0, 0.1) is 0 Å². The summed E-state index contributed by atoms with van der Waals surface area (Å²) >= 11 is 0. The number of hydrogen-bond acceptors (Lipinski definition) is 3. The van der Waals surface area contributed by atoms with Crippen LogP contribution in [0.15, 0.2) is 48.5 Å². The second-order valence-electron chi connectivity index (χ2n) is 5.83. The molecule has 0 radical (unpaired) electrons. The number of ether oxygens (including phenoxy) is 1. The van der Waals surface area contributed by atoms with E-state index >= 15 is 0 Å². The Balaban J connectivity index is 1.74. The molecule has 132 valence electrons. The summed E-state index contributed by atoms with van der Waals surface area (Å²) in [6, 6.07) is 12.1. The summed E-state index contributed by atoms with van der Waals surface area (Å²) in [5.74, 6) is 0.311. The first-order valence-electron chi connectivity index (χ1n) is 7.88. The summed E-state index contributed by atoms with van der Waals surface area (Å²) in [5, 5.41) is 2.34. The molecular weight excluding hydrogens is 333 g/mol. The molecule has 1 N–H and O–H groups in total. The first kappa shape index (κ1) is 17.3. The molecule has 1 aliphatic rings. The number of carbonyl (C=O) groups excluding carboxylic acids is 1. The Morgan fingerprint density at radius 3 is 2.44 bits per heavy atom. The van der Waals surface area contributed by atoms with Crippen LogP contribution in [-0.2, 0) is 12.7 Å². The molecule has 7 heteroatoms. The van der Waals surface area contributed by atoms with E-state index in [1.807, 2.05) is 4.90 Å². The van der Waals surface area contributed by atoms with E-state index in [9.17, 15) is 18.0 Å². The van der Waals surface area contributed by atoms with Crippen LogP contribution in [0.2, 0.25) is 0 Å². The highest BCUT2D eigenvalue weighted by Gasteiger charge is 2.34. The van der Waals surface area contributed by atoms with Crippen molar-refractivity contribution in [3.8, 4) is 5.75 Å². The van der Waals surface area contributed by atoms with Gasteiger partial charge in [0.1, 0.15) is 5.75 Å². The number of hydrogen-bond donors (Lipinski definition) is 1. The number of benzene rings is 2. The first-order chi connectivity index (χ1) is 11.9. The number of carbonyl (C=O) groups is 1. The number of para-hydroxylation sites is 1. The number of nitrogens with one attached hydrogen (secondary N) is 1. The van der Waals surface area contributed by atoms with Crippen molar-refractivity contribution in [2.45, 2.75) is 19.1 Å². The minimum Gasteiger partial charge on any atom is -0.410 e. The van der Waals surface area contributed by atoms with Crippen LogP contribution in [-0.4, -0.2) is 24.1 Å². The third-order valence-corrected chi connectivity index (χ3v) is 3.96. The average molecular weight is 350 g/mol. The number of likely N-dealkylation sites (tertiary alicyclic amines) is 1. The van der Waals surface area contributed by atoms with E-state index in [-0.39, 0.29) is 17.8 Å². The van der Waals surface area contributed by atoms with E-state index in [2.05, 4.69) is 5.32 Å². The van der Waals surface area contributed by atoms with Crippen molar-refractivity contribution in [3.05, 3.63) is 59.7 Å². The Morgan fingerprint density at radius 1 is 1.12 bits per heavy atom.